The van der Waals surface area contributed by atoms with Crippen molar-refractivity contribution < 1.29 is 9.13 Å². The molecule has 2 nitrogen and oxygen atoms in total. The van der Waals surface area contributed by atoms with Gasteiger partial charge in [0.2, 0.25) is 0 Å². The van der Waals surface area contributed by atoms with Gasteiger partial charge in [-0.1, -0.05) is 12.8 Å². The summed E-state index contributed by atoms with van der Waals surface area (Å²) in [6.07, 6.45) is 0. The van der Waals surface area contributed by atoms with Gasteiger partial charge in [0.1, 0.15) is 17.2 Å². The topological polar surface area (TPSA) is 21.3 Å². The van der Waals surface area contributed by atoms with E-state index < -0.39 is 0 Å². The molecule has 0 aliphatic rings. The fraction of sp³-hybridized carbons (Fsp3) is 0.400. The van der Waals surface area contributed by atoms with Crippen molar-refractivity contribution in [3.05, 3.63) is 24.0 Å². The number of anilines is 1. The van der Waals surface area contributed by atoms with E-state index >= 15 is 0 Å². The van der Waals surface area contributed by atoms with E-state index in [4.69, 9.17) is 4.74 Å². The van der Waals surface area contributed by atoms with Crippen LogP contribution < -0.4 is 9.46 Å². The zero-order chi connectivity index (χ0) is 10.8. The summed E-state index contributed by atoms with van der Waals surface area (Å²) >= 11 is 3.84. The quantitative estimate of drug-likeness (QED) is 0.739. The van der Waals surface area contributed by atoms with Crippen molar-refractivity contribution >= 4 is 18.5 Å². The zero-order valence-electron chi connectivity index (χ0n) is 8.47. The molecular weight excluding hydrogens is 201 g/mol. The van der Waals surface area contributed by atoms with Gasteiger partial charge in [-0.15, -0.1) is 0 Å². The first kappa shape index (κ1) is 11.2. The third-order valence-corrected chi connectivity index (χ3v) is 1.68. The first-order chi connectivity index (χ1) is 6.40. The number of nitrogens with one attached hydrogen (secondary N) is 1. The van der Waals surface area contributed by atoms with Crippen LogP contribution in [0, 0.1) is 5.82 Å². The highest BCUT2D eigenvalue weighted by atomic mass is 32.1. The highest BCUT2D eigenvalue weighted by molar-refractivity contribution is 7.81. The van der Waals surface area contributed by atoms with E-state index in [0.29, 0.717) is 11.4 Å². The van der Waals surface area contributed by atoms with Crippen LogP contribution in [0.5, 0.6) is 5.75 Å². The monoisotopic (exact) mass is 215 g/mol. The second kappa shape index (κ2) is 4.09. The standard InChI is InChI=1S/C10H14FNOS/c1-10(2,3)13-9-5-7(11)4-8(6-9)12-14/h4-6,12,14H,1-3H3. The van der Waals surface area contributed by atoms with Gasteiger partial charge in [-0.25, -0.2) is 4.39 Å². The predicted octanol–water partition coefficient (Wildman–Crippen LogP) is 3.26. The zero-order valence-corrected chi connectivity index (χ0v) is 9.36. The van der Waals surface area contributed by atoms with E-state index in [0.717, 1.165) is 0 Å². The summed E-state index contributed by atoms with van der Waals surface area (Å²) in [5.74, 6) is 0.150. The average molecular weight is 215 g/mol. The Labute approximate surface area is 89.0 Å². The molecule has 0 heterocycles. The molecule has 0 fully saturated rings. The molecule has 0 atom stereocenters. The van der Waals surface area contributed by atoms with Crippen LogP contribution in [0.25, 0.3) is 0 Å². The molecule has 0 amide bonds. The van der Waals surface area contributed by atoms with Crippen LogP contribution in [0.15, 0.2) is 18.2 Å². The minimum Gasteiger partial charge on any atom is -0.488 e. The van der Waals surface area contributed by atoms with Crippen LogP contribution in [0.2, 0.25) is 0 Å². The Morgan fingerprint density at radius 1 is 1.29 bits per heavy atom. The molecule has 0 saturated heterocycles. The molecule has 78 valence electrons. The highest BCUT2D eigenvalue weighted by Gasteiger charge is 2.12. The van der Waals surface area contributed by atoms with Crippen LogP contribution in [0.3, 0.4) is 0 Å². The number of thiol groups is 1. The van der Waals surface area contributed by atoms with E-state index in [1.54, 1.807) is 6.07 Å². The summed E-state index contributed by atoms with van der Waals surface area (Å²) in [6.45, 7) is 5.73. The molecule has 0 aromatic heterocycles. The SMILES string of the molecule is CC(C)(C)Oc1cc(F)cc(NS)c1. The maximum Gasteiger partial charge on any atom is 0.128 e. The van der Waals surface area contributed by atoms with Crippen molar-refractivity contribution in [3.63, 3.8) is 0 Å². The Balaban J connectivity index is 2.92. The molecule has 1 rings (SSSR count). The van der Waals surface area contributed by atoms with E-state index in [-0.39, 0.29) is 11.4 Å². The summed E-state index contributed by atoms with van der Waals surface area (Å²) in [6, 6.07) is 4.39. The first-order valence-electron chi connectivity index (χ1n) is 4.30. The second-order valence-electron chi connectivity index (χ2n) is 4.00. The minimum absolute atomic E-state index is 0.332. The molecule has 0 saturated carbocycles. The van der Waals surface area contributed by atoms with Crippen LogP contribution >= 0.6 is 12.8 Å². The Kier molecular flexibility index (Phi) is 3.26. The number of ether oxygens (including phenoxy) is 1. The van der Waals surface area contributed by atoms with Gasteiger partial charge in [0, 0.05) is 12.1 Å². The maximum absolute atomic E-state index is 13.0. The van der Waals surface area contributed by atoms with Crippen LogP contribution in [0.1, 0.15) is 20.8 Å². The van der Waals surface area contributed by atoms with Gasteiger partial charge < -0.3 is 9.46 Å². The second-order valence-corrected chi connectivity index (χ2v) is 4.23. The van der Waals surface area contributed by atoms with Gasteiger partial charge >= 0.3 is 0 Å². The highest BCUT2D eigenvalue weighted by Crippen LogP contribution is 2.24. The van der Waals surface area contributed by atoms with Gasteiger partial charge in [-0.3, -0.25) is 0 Å². The van der Waals surface area contributed by atoms with E-state index in [2.05, 4.69) is 17.5 Å². The fourth-order valence-corrected chi connectivity index (χ4v) is 1.17. The average Bonchev–Trinajstić information content (AvgIpc) is 1.99. The molecular formula is C10H14FNOS. The van der Waals surface area contributed by atoms with Crippen molar-refractivity contribution in [1.82, 2.24) is 0 Å². The van der Waals surface area contributed by atoms with Crippen LogP contribution in [-0.2, 0) is 0 Å². The van der Waals surface area contributed by atoms with Gasteiger partial charge in [-0.05, 0) is 26.8 Å². The van der Waals surface area contributed by atoms with Crippen molar-refractivity contribution in [2.45, 2.75) is 26.4 Å². The molecule has 1 N–H and O–H groups in total. The number of rotatable bonds is 2. The van der Waals surface area contributed by atoms with Crippen molar-refractivity contribution in [3.8, 4) is 5.75 Å². The van der Waals surface area contributed by atoms with E-state index in [9.17, 15) is 4.39 Å². The summed E-state index contributed by atoms with van der Waals surface area (Å²) in [7, 11) is 0. The molecule has 0 spiro atoms. The minimum atomic E-state index is -0.344. The molecule has 1 aromatic carbocycles. The number of hydrogen-bond donors (Lipinski definition) is 2. The Morgan fingerprint density at radius 3 is 2.43 bits per heavy atom. The Bertz CT molecular complexity index is 322. The lowest BCUT2D eigenvalue weighted by molar-refractivity contribution is 0.130. The molecule has 14 heavy (non-hydrogen) atoms. The number of hydrogen-bond acceptors (Lipinski definition) is 3. The molecule has 0 radical (unpaired) electrons. The van der Waals surface area contributed by atoms with Crippen LogP contribution in [0.4, 0.5) is 10.1 Å². The third kappa shape index (κ3) is 3.46. The molecule has 0 unspecified atom stereocenters. The normalized spacial score (nSPS) is 11.2. The lowest BCUT2D eigenvalue weighted by Gasteiger charge is -2.21. The molecule has 0 aliphatic heterocycles. The molecule has 0 bridgehead atoms. The summed E-state index contributed by atoms with van der Waals surface area (Å²) in [5, 5.41) is 0. The molecule has 0 aliphatic carbocycles. The van der Waals surface area contributed by atoms with E-state index in [1.807, 2.05) is 20.8 Å². The lowest BCUT2D eigenvalue weighted by Crippen LogP contribution is -2.23. The largest absolute Gasteiger partial charge is 0.488 e. The third-order valence-electron chi connectivity index (χ3n) is 1.42. The van der Waals surface area contributed by atoms with Crippen molar-refractivity contribution in [2.75, 3.05) is 4.72 Å². The van der Waals surface area contributed by atoms with Crippen molar-refractivity contribution in [1.29, 1.82) is 0 Å². The predicted molar refractivity (Wildman–Crippen MR) is 59.4 cm³/mol. The molecule has 1 aromatic rings. The van der Waals surface area contributed by atoms with E-state index in [1.165, 1.54) is 12.1 Å². The smallest absolute Gasteiger partial charge is 0.128 e. The number of halogens is 1. The summed E-state index contributed by atoms with van der Waals surface area (Å²) in [4.78, 5) is 0. The van der Waals surface area contributed by atoms with Gasteiger partial charge in [0.05, 0.1) is 5.69 Å². The summed E-state index contributed by atoms with van der Waals surface area (Å²) < 4.78 is 21.1. The number of benzene rings is 1. The first-order valence-corrected chi connectivity index (χ1v) is 4.75. The maximum atomic E-state index is 13.0. The van der Waals surface area contributed by atoms with Gasteiger partial charge in [0.15, 0.2) is 0 Å². The van der Waals surface area contributed by atoms with Gasteiger partial charge in [0.25, 0.3) is 0 Å². The summed E-state index contributed by atoms with van der Waals surface area (Å²) in [5.41, 5.74) is 0.245. The fourth-order valence-electron chi connectivity index (χ4n) is 1.04. The molecule has 4 heteroatoms. The lowest BCUT2D eigenvalue weighted by atomic mass is 10.2. The van der Waals surface area contributed by atoms with Crippen molar-refractivity contribution in [2.24, 2.45) is 0 Å². The van der Waals surface area contributed by atoms with Gasteiger partial charge in [-0.2, -0.15) is 0 Å². The Hall–Kier alpha value is -0.900. The Morgan fingerprint density at radius 2 is 1.93 bits per heavy atom. The van der Waals surface area contributed by atoms with Crippen LogP contribution in [-0.4, -0.2) is 5.60 Å².